The van der Waals surface area contributed by atoms with Crippen LogP contribution in [0.3, 0.4) is 0 Å². The molecule has 54 valence electrons. The van der Waals surface area contributed by atoms with Crippen molar-refractivity contribution < 1.29 is 39.4 Å². The second kappa shape index (κ2) is 7.03. The molecule has 0 spiro atoms. The molecule has 0 amide bonds. The predicted octanol–water partition coefficient (Wildman–Crippen LogP) is -3.41. The van der Waals surface area contributed by atoms with Gasteiger partial charge in [0.1, 0.15) is 5.75 Å². The smallest absolute Gasteiger partial charge is 0.872 e. The Morgan fingerprint density at radius 1 is 1.18 bits per heavy atom. The van der Waals surface area contributed by atoms with Crippen molar-refractivity contribution in [1.82, 2.24) is 0 Å². The largest absolute Gasteiger partial charge is 1.00 e. The van der Waals surface area contributed by atoms with Crippen molar-refractivity contribution in [3.8, 4) is 11.5 Å². The van der Waals surface area contributed by atoms with Gasteiger partial charge in [0.05, 0.1) is 7.11 Å². The first-order chi connectivity index (χ1) is 4.33. The van der Waals surface area contributed by atoms with Gasteiger partial charge in [-0.25, -0.2) is 0 Å². The molecule has 1 rings (SSSR count). The van der Waals surface area contributed by atoms with Gasteiger partial charge in [0.15, 0.2) is 17.4 Å². The molecule has 0 bridgehead atoms. The van der Waals surface area contributed by atoms with Gasteiger partial charge < -0.3 is 9.84 Å². The van der Waals surface area contributed by atoms with Crippen LogP contribution in [0.15, 0.2) is 24.3 Å². The van der Waals surface area contributed by atoms with Gasteiger partial charge in [-0.15, -0.1) is 5.75 Å². The number of methoxy groups -OCH3 is 1. The Morgan fingerprint density at radius 2 is 1.64 bits per heavy atom. The summed E-state index contributed by atoms with van der Waals surface area (Å²) in [6.45, 7) is 0. The van der Waals surface area contributed by atoms with Gasteiger partial charge in [0.2, 0.25) is 0 Å². The van der Waals surface area contributed by atoms with Crippen molar-refractivity contribution in [1.29, 1.82) is 0 Å². The first-order valence-corrected chi connectivity index (χ1v) is 2.64. The van der Waals surface area contributed by atoms with Crippen LogP contribution in [-0.2, 0) is 0 Å². The van der Waals surface area contributed by atoms with Gasteiger partial charge >= 0.3 is 29.6 Å². The molecule has 0 atom stereocenters. The minimum atomic E-state index is 0. The van der Waals surface area contributed by atoms with E-state index in [4.69, 9.17) is 4.74 Å². The van der Waals surface area contributed by atoms with Crippen LogP contribution in [0.2, 0.25) is 0 Å². The van der Waals surface area contributed by atoms with E-state index in [1.54, 1.807) is 19.2 Å². The molecule has 1 aromatic carbocycles. The fraction of sp³-hybridized carbons (Fsp3) is 0.143. The molecule has 0 aliphatic heterocycles. The molecule has 4 heteroatoms. The van der Waals surface area contributed by atoms with Crippen LogP contribution in [0.4, 0.5) is 0 Å². The standard InChI is InChI=1S/C7H8O2.Al.Na.3H/c1-9-7-4-2-6(8)3-5-7;;;;;/h2-5,8H,1H3;;;;;/q;;+1;;;/p-1. The number of rotatable bonds is 1. The number of hydrogen-bond acceptors (Lipinski definition) is 2. The monoisotopic (exact) mass is 176 g/mol. The zero-order valence-corrected chi connectivity index (χ0v) is 8.13. The summed E-state index contributed by atoms with van der Waals surface area (Å²) in [7, 11) is 1.57. The molecule has 0 aromatic heterocycles. The van der Waals surface area contributed by atoms with Gasteiger partial charge in [0, 0.05) is 0 Å². The summed E-state index contributed by atoms with van der Waals surface area (Å²) in [5, 5.41) is 10.5. The predicted molar refractivity (Wildman–Crippen MR) is 42.4 cm³/mol. The molecule has 0 saturated heterocycles. The van der Waals surface area contributed by atoms with Gasteiger partial charge in [-0.05, 0) is 12.1 Å². The Morgan fingerprint density at radius 3 is 2.00 bits per heavy atom. The number of ether oxygens (including phenoxy) is 1. The second-order valence-electron chi connectivity index (χ2n) is 1.68. The van der Waals surface area contributed by atoms with Crippen LogP contribution in [-0.4, -0.2) is 24.5 Å². The topological polar surface area (TPSA) is 32.3 Å². The minimum Gasteiger partial charge on any atom is -0.872 e. The van der Waals surface area contributed by atoms with Crippen LogP contribution >= 0.6 is 0 Å². The minimum absolute atomic E-state index is 0. The second-order valence-corrected chi connectivity index (χ2v) is 1.68. The van der Waals surface area contributed by atoms with Crippen LogP contribution in [0.1, 0.15) is 0 Å². The van der Waals surface area contributed by atoms with E-state index in [1.807, 2.05) is 0 Å². The van der Waals surface area contributed by atoms with Crippen molar-refractivity contribution in [3.63, 3.8) is 0 Å². The van der Waals surface area contributed by atoms with E-state index < -0.39 is 0 Å². The van der Waals surface area contributed by atoms with Crippen LogP contribution in [0.25, 0.3) is 0 Å². The Kier molecular flexibility index (Phi) is 8.88. The first kappa shape index (κ1) is 13.9. The van der Waals surface area contributed by atoms with Gasteiger partial charge in [-0.2, -0.15) is 0 Å². The summed E-state index contributed by atoms with van der Waals surface area (Å²) in [6.07, 6.45) is 0. The molecule has 1 aromatic rings. The van der Waals surface area contributed by atoms with Gasteiger partial charge in [-0.3, -0.25) is 0 Å². The maximum absolute atomic E-state index is 10.5. The first-order valence-electron chi connectivity index (χ1n) is 2.64. The zero-order valence-electron chi connectivity index (χ0n) is 6.13. The molecule has 0 radical (unpaired) electrons. The molecule has 2 nitrogen and oxygen atoms in total. The van der Waals surface area contributed by atoms with Crippen molar-refractivity contribution in [2.45, 2.75) is 0 Å². The Bertz CT molecular complexity index is 188. The third kappa shape index (κ3) is 4.73. The summed E-state index contributed by atoms with van der Waals surface area (Å²) in [5.74, 6) is 0.727. The van der Waals surface area contributed by atoms with Gasteiger partial charge in [0.25, 0.3) is 0 Å². The number of benzene rings is 1. The van der Waals surface area contributed by atoms with Crippen molar-refractivity contribution >= 4 is 17.4 Å². The Balaban J connectivity index is 0. The van der Waals surface area contributed by atoms with Gasteiger partial charge in [-0.1, -0.05) is 12.1 Å². The van der Waals surface area contributed by atoms with E-state index in [0.29, 0.717) is 0 Å². The third-order valence-electron chi connectivity index (χ3n) is 1.06. The van der Waals surface area contributed by atoms with E-state index >= 15 is 0 Å². The zero-order chi connectivity index (χ0) is 6.69. The molecule has 0 saturated carbocycles. The molecule has 0 fully saturated rings. The van der Waals surface area contributed by atoms with E-state index in [2.05, 4.69) is 0 Å². The van der Waals surface area contributed by atoms with E-state index in [1.165, 1.54) is 12.1 Å². The summed E-state index contributed by atoms with van der Waals surface area (Å²) in [5.41, 5.74) is 0. The number of hydrogen-bond donors (Lipinski definition) is 0. The SMILES string of the molecule is COc1ccc([O-])cc1.[AlH3].[Na+]. The molecule has 0 N–H and O–H groups in total. The Labute approximate surface area is 99.0 Å². The molecular formula is C7H10AlNaO2. The van der Waals surface area contributed by atoms with E-state index in [-0.39, 0.29) is 52.7 Å². The summed E-state index contributed by atoms with van der Waals surface area (Å²) < 4.78 is 4.83. The van der Waals surface area contributed by atoms with E-state index in [9.17, 15) is 5.11 Å². The quantitative estimate of drug-likeness (QED) is 0.417. The summed E-state index contributed by atoms with van der Waals surface area (Å²) >= 11 is 0. The van der Waals surface area contributed by atoms with Crippen LogP contribution in [0, 0.1) is 0 Å². The molecular weight excluding hydrogens is 166 g/mol. The average Bonchev–Trinajstić information content (AvgIpc) is 1.90. The van der Waals surface area contributed by atoms with Crippen LogP contribution < -0.4 is 39.4 Å². The van der Waals surface area contributed by atoms with Crippen molar-refractivity contribution in [3.05, 3.63) is 24.3 Å². The summed E-state index contributed by atoms with van der Waals surface area (Å²) in [4.78, 5) is 0. The molecule has 0 aliphatic carbocycles. The van der Waals surface area contributed by atoms with Crippen LogP contribution in [0.5, 0.6) is 11.5 Å². The fourth-order valence-electron chi connectivity index (χ4n) is 0.576. The van der Waals surface area contributed by atoms with Crippen molar-refractivity contribution in [2.75, 3.05) is 7.11 Å². The molecule has 11 heavy (non-hydrogen) atoms. The fourth-order valence-corrected chi connectivity index (χ4v) is 0.576. The summed E-state index contributed by atoms with van der Waals surface area (Å²) in [6, 6.07) is 6.22. The normalized spacial score (nSPS) is 7.36. The van der Waals surface area contributed by atoms with E-state index in [0.717, 1.165) is 5.75 Å². The molecule has 0 unspecified atom stereocenters. The molecule has 0 heterocycles. The maximum Gasteiger partial charge on any atom is 1.00 e. The molecule has 0 aliphatic rings. The van der Waals surface area contributed by atoms with Crippen molar-refractivity contribution in [2.24, 2.45) is 0 Å². The average molecular weight is 176 g/mol. The Hall–Kier alpha value is 0.352. The third-order valence-corrected chi connectivity index (χ3v) is 1.06. The maximum atomic E-state index is 10.5.